The van der Waals surface area contributed by atoms with Crippen LogP contribution in [0.25, 0.3) is 0 Å². The molecule has 1 aliphatic rings. The summed E-state index contributed by atoms with van der Waals surface area (Å²) >= 11 is 1.54. The van der Waals surface area contributed by atoms with Crippen molar-refractivity contribution in [2.24, 2.45) is 0 Å². The van der Waals surface area contributed by atoms with Crippen molar-refractivity contribution >= 4 is 28.2 Å². The van der Waals surface area contributed by atoms with Gasteiger partial charge in [-0.1, -0.05) is 24.3 Å². The van der Waals surface area contributed by atoms with Crippen molar-refractivity contribution in [2.45, 2.75) is 26.9 Å². The summed E-state index contributed by atoms with van der Waals surface area (Å²) in [6.07, 6.45) is -0.280. The Kier molecular flexibility index (Phi) is 6.48. The summed E-state index contributed by atoms with van der Waals surface area (Å²) in [4.78, 5) is 23.7. The molecule has 1 aliphatic heterocycles. The van der Waals surface area contributed by atoms with Crippen molar-refractivity contribution < 1.29 is 14.3 Å². The lowest BCUT2D eigenvalue weighted by atomic mass is 10.1. The number of ether oxygens (including phenoxy) is 2. The molecule has 3 aromatic rings. The molecule has 0 aliphatic carbocycles. The van der Waals surface area contributed by atoms with Crippen LogP contribution in [0.1, 0.15) is 28.6 Å². The molecule has 1 saturated heterocycles. The third-order valence-electron chi connectivity index (χ3n) is 5.12. The molecule has 1 aromatic carbocycles. The first-order valence-electron chi connectivity index (χ1n) is 10.2. The van der Waals surface area contributed by atoms with Gasteiger partial charge in [0, 0.05) is 11.9 Å². The molecule has 1 N–H and O–H groups in total. The first kappa shape index (κ1) is 21.3. The fourth-order valence-corrected chi connectivity index (χ4v) is 4.22. The predicted molar refractivity (Wildman–Crippen MR) is 121 cm³/mol. The number of hydrogen-bond acceptors (Lipinski definition) is 7. The van der Waals surface area contributed by atoms with Gasteiger partial charge in [0.25, 0.3) is 5.91 Å². The molecule has 1 amide bonds. The van der Waals surface area contributed by atoms with Crippen molar-refractivity contribution in [1.29, 1.82) is 0 Å². The first-order chi connectivity index (χ1) is 15.0. The highest BCUT2D eigenvalue weighted by molar-refractivity contribution is 7.13. The van der Waals surface area contributed by atoms with Crippen molar-refractivity contribution in [1.82, 2.24) is 14.9 Å². The molecule has 1 atom stereocenters. The summed E-state index contributed by atoms with van der Waals surface area (Å²) < 4.78 is 11.8. The smallest absolute Gasteiger partial charge is 0.260 e. The van der Waals surface area contributed by atoms with Crippen LogP contribution >= 0.6 is 11.3 Å². The predicted octanol–water partition coefficient (Wildman–Crippen LogP) is 4.19. The highest BCUT2D eigenvalue weighted by Crippen LogP contribution is 2.25. The minimum atomic E-state index is -0.280. The van der Waals surface area contributed by atoms with E-state index in [0.29, 0.717) is 25.5 Å². The highest BCUT2D eigenvalue weighted by atomic mass is 32.1. The largest absolute Gasteiger partial charge is 0.483 e. The van der Waals surface area contributed by atoms with Gasteiger partial charge in [-0.15, -0.1) is 11.3 Å². The Balaban J connectivity index is 1.39. The van der Waals surface area contributed by atoms with Crippen LogP contribution in [0.3, 0.4) is 0 Å². The summed E-state index contributed by atoms with van der Waals surface area (Å²) in [5.41, 5.74) is 3.80. The molecule has 1 fully saturated rings. The Morgan fingerprint density at radius 2 is 1.97 bits per heavy atom. The average molecular weight is 439 g/mol. The maximum absolute atomic E-state index is 12.8. The standard InChI is InChI=1S/C23H26N4O3S/c1-15-6-4-7-16(2)22(15)30-13-21(28)27-10-11-29-19(12-27)18-8-5-9-20(25-18)26-23-24-17(3)14-31-23/h4-9,14,19H,10-13H2,1-3H3,(H,24,25,26)/t19-/m1/s1. The molecule has 162 valence electrons. The number of nitrogens with zero attached hydrogens (tertiary/aromatic N) is 3. The minimum Gasteiger partial charge on any atom is -0.483 e. The number of carbonyl (C=O) groups is 1. The normalized spacial score (nSPS) is 16.2. The molecular formula is C23H26N4O3S. The van der Waals surface area contributed by atoms with Gasteiger partial charge in [-0.2, -0.15) is 0 Å². The number of para-hydroxylation sites is 1. The summed E-state index contributed by atoms with van der Waals surface area (Å²) in [6, 6.07) is 11.7. The number of aryl methyl sites for hydroxylation is 3. The molecule has 3 heterocycles. The Bertz CT molecular complexity index is 1050. The fourth-order valence-electron chi connectivity index (χ4n) is 3.53. The number of rotatable bonds is 6. The van der Waals surface area contributed by atoms with E-state index < -0.39 is 0 Å². The van der Waals surface area contributed by atoms with Crippen LogP contribution in [0, 0.1) is 20.8 Å². The zero-order valence-electron chi connectivity index (χ0n) is 17.9. The second-order valence-corrected chi connectivity index (χ2v) is 8.43. The van der Waals surface area contributed by atoms with Crippen molar-refractivity contribution in [3.63, 3.8) is 0 Å². The number of anilines is 2. The van der Waals surface area contributed by atoms with E-state index in [4.69, 9.17) is 9.47 Å². The second-order valence-electron chi connectivity index (χ2n) is 7.58. The van der Waals surface area contributed by atoms with Crippen LogP contribution in [-0.2, 0) is 9.53 Å². The lowest BCUT2D eigenvalue weighted by Crippen LogP contribution is -2.44. The Hall–Kier alpha value is -2.97. The van der Waals surface area contributed by atoms with Gasteiger partial charge in [-0.25, -0.2) is 9.97 Å². The quantitative estimate of drug-likeness (QED) is 0.622. The van der Waals surface area contributed by atoms with Crippen LogP contribution in [0.4, 0.5) is 10.9 Å². The average Bonchev–Trinajstić information content (AvgIpc) is 3.18. The second kappa shape index (κ2) is 9.45. The van der Waals surface area contributed by atoms with Gasteiger partial charge in [0.15, 0.2) is 11.7 Å². The molecule has 2 aromatic heterocycles. The van der Waals surface area contributed by atoms with Gasteiger partial charge < -0.3 is 19.7 Å². The maximum Gasteiger partial charge on any atom is 0.260 e. The maximum atomic E-state index is 12.8. The third kappa shape index (κ3) is 5.21. The van der Waals surface area contributed by atoms with Crippen molar-refractivity contribution in [2.75, 3.05) is 31.6 Å². The van der Waals surface area contributed by atoms with Crippen LogP contribution < -0.4 is 10.1 Å². The van der Waals surface area contributed by atoms with Gasteiger partial charge >= 0.3 is 0 Å². The van der Waals surface area contributed by atoms with E-state index in [1.165, 1.54) is 11.3 Å². The number of amides is 1. The summed E-state index contributed by atoms with van der Waals surface area (Å²) in [7, 11) is 0. The number of pyridine rings is 1. The van der Waals surface area contributed by atoms with E-state index in [2.05, 4.69) is 15.3 Å². The highest BCUT2D eigenvalue weighted by Gasteiger charge is 2.27. The van der Waals surface area contributed by atoms with Gasteiger partial charge in [0.2, 0.25) is 0 Å². The molecule has 0 saturated carbocycles. The lowest BCUT2D eigenvalue weighted by molar-refractivity contribution is -0.141. The van der Waals surface area contributed by atoms with Crippen LogP contribution in [0.15, 0.2) is 41.8 Å². The molecule has 7 nitrogen and oxygen atoms in total. The molecule has 0 radical (unpaired) electrons. The molecule has 0 bridgehead atoms. The van der Waals surface area contributed by atoms with E-state index in [9.17, 15) is 4.79 Å². The van der Waals surface area contributed by atoms with Gasteiger partial charge in [0.1, 0.15) is 17.7 Å². The number of carbonyl (C=O) groups excluding carboxylic acids is 1. The SMILES string of the molecule is Cc1csc(Nc2cccc([C@H]3CN(C(=O)COc4c(C)cccc4C)CCO3)n2)n1. The van der Waals surface area contributed by atoms with Gasteiger partial charge in [-0.05, 0) is 44.0 Å². The molecule has 0 spiro atoms. The Morgan fingerprint density at radius 1 is 1.19 bits per heavy atom. The first-order valence-corrected chi connectivity index (χ1v) is 11.1. The van der Waals surface area contributed by atoms with E-state index >= 15 is 0 Å². The summed E-state index contributed by atoms with van der Waals surface area (Å²) in [5.74, 6) is 1.43. The number of morpholine rings is 1. The topological polar surface area (TPSA) is 76.6 Å². The summed E-state index contributed by atoms with van der Waals surface area (Å²) in [6.45, 7) is 7.39. The van der Waals surface area contributed by atoms with Gasteiger partial charge in [0.05, 0.1) is 24.5 Å². The molecule has 0 unspecified atom stereocenters. The van der Waals surface area contributed by atoms with E-state index in [1.807, 2.05) is 62.5 Å². The fraction of sp³-hybridized carbons (Fsp3) is 0.348. The van der Waals surface area contributed by atoms with Crippen molar-refractivity contribution in [3.8, 4) is 5.75 Å². The number of nitrogens with one attached hydrogen (secondary N) is 1. The van der Waals surface area contributed by atoms with Crippen LogP contribution in [-0.4, -0.2) is 47.1 Å². The van der Waals surface area contributed by atoms with E-state index in [0.717, 1.165) is 33.4 Å². The third-order valence-corrected chi connectivity index (χ3v) is 6.00. The minimum absolute atomic E-state index is 0.0107. The number of benzene rings is 1. The zero-order valence-corrected chi connectivity index (χ0v) is 18.7. The molecular weight excluding hydrogens is 412 g/mol. The number of aromatic nitrogens is 2. The van der Waals surface area contributed by atoms with Gasteiger partial charge in [-0.3, -0.25) is 4.79 Å². The van der Waals surface area contributed by atoms with E-state index in [1.54, 1.807) is 4.90 Å². The monoisotopic (exact) mass is 438 g/mol. The lowest BCUT2D eigenvalue weighted by Gasteiger charge is -2.32. The Morgan fingerprint density at radius 3 is 2.71 bits per heavy atom. The zero-order chi connectivity index (χ0) is 21.8. The number of hydrogen-bond donors (Lipinski definition) is 1. The molecule has 8 heteroatoms. The van der Waals surface area contributed by atoms with Crippen molar-refractivity contribution in [3.05, 3.63) is 64.3 Å². The summed E-state index contributed by atoms with van der Waals surface area (Å²) in [5, 5.41) is 6.01. The Labute approximate surface area is 186 Å². The number of thiazole rings is 1. The van der Waals surface area contributed by atoms with E-state index in [-0.39, 0.29) is 18.6 Å². The molecule has 31 heavy (non-hydrogen) atoms. The van der Waals surface area contributed by atoms with Crippen LogP contribution in [0.2, 0.25) is 0 Å². The van der Waals surface area contributed by atoms with Crippen LogP contribution in [0.5, 0.6) is 5.75 Å². The molecule has 4 rings (SSSR count).